The molecule has 1 amide bonds. The molecular formula is C24H28N4O3. The Morgan fingerprint density at radius 3 is 2.81 bits per heavy atom. The molecule has 1 atom stereocenters. The van der Waals surface area contributed by atoms with Gasteiger partial charge in [0.05, 0.1) is 17.3 Å². The molecule has 7 nitrogen and oxygen atoms in total. The van der Waals surface area contributed by atoms with Crippen LogP contribution < -0.4 is 0 Å². The van der Waals surface area contributed by atoms with Crippen LogP contribution in [0.25, 0.3) is 10.9 Å². The summed E-state index contributed by atoms with van der Waals surface area (Å²) in [5, 5.41) is 15.3. The second kappa shape index (κ2) is 8.77. The fraction of sp³-hybridized carbons (Fsp3) is 0.458. The van der Waals surface area contributed by atoms with E-state index >= 15 is 0 Å². The fourth-order valence-corrected chi connectivity index (χ4v) is 4.80. The van der Waals surface area contributed by atoms with E-state index in [1.54, 1.807) is 11.0 Å². The zero-order chi connectivity index (χ0) is 21.2. The summed E-state index contributed by atoms with van der Waals surface area (Å²) in [4.78, 5) is 21.3. The summed E-state index contributed by atoms with van der Waals surface area (Å²) in [6.45, 7) is 3.91. The van der Waals surface area contributed by atoms with Gasteiger partial charge in [0.25, 0.3) is 5.91 Å². The van der Waals surface area contributed by atoms with Gasteiger partial charge in [0.15, 0.2) is 0 Å². The van der Waals surface area contributed by atoms with E-state index in [0.29, 0.717) is 19.0 Å². The van der Waals surface area contributed by atoms with Crippen LogP contribution in [0.5, 0.6) is 0 Å². The van der Waals surface area contributed by atoms with Crippen molar-refractivity contribution in [3.63, 3.8) is 0 Å². The molecule has 2 aromatic heterocycles. The van der Waals surface area contributed by atoms with Crippen LogP contribution in [0.1, 0.15) is 53.4 Å². The zero-order valence-corrected chi connectivity index (χ0v) is 17.6. The number of β-amino-alcohol motifs (C(OH)–C–C–N with tert-alkyl or cyclic N) is 1. The van der Waals surface area contributed by atoms with Crippen LogP contribution in [0.4, 0.5) is 0 Å². The van der Waals surface area contributed by atoms with E-state index in [2.05, 4.69) is 39.3 Å². The molecule has 5 rings (SSSR count). The Labute approximate surface area is 181 Å². The SMILES string of the molecule is O=C(c1cc(C2CCN(Cc3ccnc4ccccc34)CC2)no1)N1CCC[C@H](O)C1. The number of likely N-dealkylation sites (tertiary alicyclic amines) is 2. The normalized spacial score (nSPS) is 20.9. The summed E-state index contributed by atoms with van der Waals surface area (Å²) < 4.78 is 5.40. The Morgan fingerprint density at radius 2 is 1.97 bits per heavy atom. The third kappa shape index (κ3) is 4.34. The minimum atomic E-state index is -0.443. The second-order valence-electron chi connectivity index (χ2n) is 8.70. The van der Waals surface area contributed by atoms with Crippen molar-refractivity contribution < 1.29 is 14.4 Å². The molecule has 31 heavy (non-hydrogen) atoms. The molecule has 3 aromatic rings. The summed E-state index contributed by atoms with van der Waals surface area (Å²) >= 11 is 0. The van der Waals surface area contributed by atoms with Crippen LogP contribution in [0.3, 0.4) is 0 Å². The summed E-state index contributed by atoms with van der Waals surface area (Å²) in [6, 6.07) is 12.2. The van der Waals surface area contributed by atoms with E-state index < -0.39 is 6.10 Å². The van der Waals surface area contributed by atoms with Gasteiger partial charge in [-0.25, -0.2) is 0 Å². The number of carbonyl (C=O) groups excluding carboxylic acids is 1. The van der Waals surface area contributed by atoms with Gasteiger partial charge in [0.2, 0.25) is 5.76 Å². The van der Waals surface area contributed by atoms with Gasteiger partial charge in [-0.1, -0.05) is 23.4 Å². The lowest BCUT2D eigenvalue weighted by atomic mass is 9.93. The number of piperidine rings is 2. The lowest BCUT2D eigenvalue weighted by Crippen LogP contribution is -2.42. The smallest absolute Gasteiger partial charge is 0.292 e. The van der Waals surface area contributed by atoms with E-state index in [1.165, 1.54) is 10.9 Å². The number of aliphatic hydroxyl groups excluding tert-OH is 1. The average Bonchev–Trinajstić information content (AvgIpc) is 3.30. The topological polar surface area (TPSA) is 82.7 Å². The first-order valence-corrected chi connectivity index (χ1v) is 11.2. The number of hydrogen-bond donors (Lipinski definition) is 1. The molecule has 0 radical (unpaired) electrons. The summed E-state index contributed by atoms with van der Waals surface area (Å²) in [7, 11) is 0. The molecule has 2 saturated heterocycles. The van der Waals surface area contributed by atoms with Crippen LogP contribution in [-0.4, -0.2) is 63.2 Å². The minimum absolute atomic E-state index is 0.167. The minimum Gasteiger partial charge on any atom is -0.391 e. The third-order valence-electron chi connectivity index (χ3n) is 6.56. The predicted molar refractivity (Wildman–Crippen MR) is 117 cm³/mol. The lowest BCUT2D eigenvalue weighted by Gasteiger charge is -2.31. The van der Waals surface area contributed by atoms with Crippen molar-refractivity contribution in [2.75, 3.05) is 26.2 Å². The van der Waals surface area contributed by atoms with Crippen molar-refractivity contribution in [2.24, 2.45) is 0 Å². The number of para-hydroxylation sites is 1. The molecule has 2 aliphatic rings. The standard InChI is InChI=1S/C24H28N4O3/c29-19-4-3-11-28(16-19)24(30)23-14-22(26-31-23)17-8-12-27(13-9-17)15-18-7-10-25-21-6-2-1-5-20(18)21/h1-2,5-7,10,14,17,19,29H,3-4,8-9,11-13,15-16H2/t19-/m0/s1. The first-order valence-electron chi connectivity index (χ1n) is 11.2. The molecule has 7 heteroatoms. The van der Waals surface area contributed by atoms with Gasteiger partial charge in [-0.05, 0) is 56.5 Å². The van der Waals surface area contributed by atoms with Gasteiger partial charge >= 0.3 is 0 Å². The van der Waals surface area contributed by atoms with E-state index in [1.807, 2.05) is 12.3 Å². The number of amides is 1. The molecule has 0 saturated carbocycles. The Balaban J connectivity index is 1.20. The highest BCUT2D eigenvalue weighted by Gasteiger charge is 2.28. The summed E-state index contributed by atoms with van der Waals surface area (Å²) in [5.74, 6) is 0.428. The first-order chi connectivity index (χ1) is 15.2. The highest BCUT2D eigenvalue weighted by molar-refractivity contribution is 5.91. The van der Waals surface area contributed by atoms with Gasteiger partial charge in [-0.3, -0.25) is 14.7 Å². The summed E-state index contributed by atoms with van der Waals surface area (Å²) in [6.07, 6.45) is 5.00. The maximum Gasteiger partial charge on any atom is 0.292 e. The van der Waals surface area contributed by atoms with Crippen LogP contribution in [-0.2, 0) is 6.54 Å². The number of fused-ring (bicyclic) bond motifs is 1. The third-order valence-corrected chi connectivity index (χ3v) is 6.56. The molecular weight excluding hydrogens is 392 g/mol. The number of aromatic nitrogens is 2. The number of nitrogens with zero attached hydrogens (tertiary/aromatic N) is 4. The van der Waals surface area contributed by atoms with Crippen molar-refractivity contribution in [1.29, 1.82) is 0 Å². The number of carbonyl (C=O) groups is 1. The maximum atomic E-state index is 12.7. The van der Waals surface area contributed by atoms with E-state index in [0.717, 1.165) is 56.5 Å². The monoisotopic (exact) mass is 420 g/mol. The van der Waals surface area contributed by atoms with Crippen LogP contribution >= 0.6 is 0 Å². The molecule has 1 aromatic carbocycles. The van der Waals surface area contributed by atoms with Crippen LogP contribution in [0.15, 0.2) is 47.1 Å². The first kappa shape index (κ1) is 20.2. The van der Waals surface area contributed by atoms with Gasteiger partial charge < -0.3 is 14.5 Å². The number of pyridine rings is 1. The van der Waals surface area contributed by atoms with Gasteiger partial charge in [0, 0.05) is 43.2 Å². The number of benzene rings is 1. The number of aliphatic hydroxyl groups is 1. The molecule has 2 fully saturated rings. The number of rotatable bonds is 4. The Hall–Kier alpha value is -2.77. The van der Waals surface area contributed by atoms with Crippen molar-refractivity contribution in [1.82, 2.24) is 19.9 Å². The lowest BCUT2D eigenvalue weighted by molar-refractivity contribution is 0.0441. The number of hydrogen-bond acceptors (Lipinski definition) is 6. The van der Waals surface area contributed by atoms with Crippen molar-refractivity contribution in [2.45, 2.75) is 44.2 Å². The van der Waals surface area contributed by atoms with Gasteiger partial charge in [-0.2, -0.15) is 0 Å². The van der Waals surface area contributed by atoms with Crippen LogP contribution in [0, 0.1) is 0 Å². The van der Waals surface area contributed by atoms with Crippen LogP contribution in [0.2, 0.25) is 0 Å². The van der Waals surface area contributed by atoms with Gasteiger partial charge in [-0.15, -0.1) is 0 Å². The molecule has 162 valence electrons. The molecule has 2 aliphatic heterocycles. The largest absolute Gasteiger partial charge is 0.391 e. The van der Waals surface area contributed by atoms with Crippen molar-refractivity contribution in [3.05, 3.63) is 59.6 Å². The maximum absolute atomic E-state index is 12.7. The quantitative estimate of drug-likeness (QED) is 0.698. The summed E-state index contributed by atoms with van der Waals surface area (Å²) in [5.41, 5.74) is 3.22. The highest BCUT2D eigenvalue weighted by atomic mass is 16.5. The fourth-order valence-electron chi connectivity index (χ4n) is 4.80. The van der Waals surface area contributed by atoms with Crippen molar-refractivity contribution >= 4 is 16.8 Å². The van der Waals surface area contributed by atoms with Crippen molar-refractivity contribution in [3.8, 4) is 0 Å². The van der Waals surface area contributed by atoms with E-state index in [4.69, 9.17) is 4.52 Å². The molecule has 1 N–H and O–H groups in total. The molecule has 4 heterocycles. The molecule has 0 bridgehead atoms. The van der Waals surface area contributed by atoms with Gasteiger partial charge in [0.1, 0.15) is 0 Å². The molecule has 0 aliphatic carbocycles. The Morgan fingerprint density at radius 1 is 1.13 bits per heavy atom. The Bertz CT molecular complexity index is 1050. The molecule has 0 unspecified atom stereocenters. The zero-order valence-electron chi connectivity index (χ0n) is 17.6. The predicted octanol–water partition coefficient (Wildman–Crippen LogP) is 3.20. The van der Waals surface area contributed by atoms with E-state index in [9.17, 15) is 9.90 Å². The van der Waals surface area contributed by atoms with E-state index in [-0.39, 0.29) is 11.7 Å². The highest BCUT2D eigenvalue weighted by Crippen LogP contribution is 2.29. The molecule has 0 spiro atoms. The average molecular weight is 421 g/mol. The Kier molecular flexibility index (Phi) is 5.70. The second-order valence-corrected chi connectivity index (χ2v) is 8.70.